The van der Waals surface area contributed by atoms with Gasteiger partial charge in [-0.3, -0.25) is 0 Å². The fraction of sp³-hybridized carbons (Fsp3) is 0.444. The lowest BCUT2D eigenvalue weighted by atomic mass is 9.85. The average Bonchev–Trinajstić information content (AvgIpc) is 3.35. The van der Waals surface area contributed by atoms with E-state index < -0.39 is 0 Å². The first-order chi connectivity index (χ1) is 12.1. The normalized spacial score (nSPS) is 18.0. The molecule has 7 heteroatoms. The van der Waals surface area contributed by atoms with E-state index in [1.54, 1.807) is 0 Å². The molecule has 0 radical (unpaired) electrons. The van der Waals surface area contributed by atoms with Crippen LogP contribution in [0.5, 0.6) is 0 Å². The number of nitrogens with zero attached hydrogens (tertiary/aromatic N) is 5. The zero-order valence-electron chi connectivity index (χ0n) is 14.6. The first kappa shape index (κ1) is 16.0. The Bertz CT molecular complexity index is 863. The molecule has 2 aromatic heterocycles. The van der Waals surface area contributed by atoms with Crippen LogP contribution in [-0.2, 0) is 10.2 Å². The van der Waals surface area contributed by atoms with E-state index in [9.17, 15) is 0 Å². The van der Waals surface area contributed by atoms with Crippen molar-refractivity contribution in [2.45, 2.75) is 38.6 Å². The molecule has 1 unspecified atom stereocenters. The Morgan fingerprint density at radius 3 is 2.64 bits per heavy atom. The zero-order valence-corrected chi connectivity index (χ0v) is 14.6. The van der Waals surface area contributed by atoms with Gasteiger partial charge in [0, 0.05) is 6.61 Å². The molecule has 0 N–H and O–H groups in total. The minimum atomic E-state index is -0.379. The molecule has 0 spiro atoms. The number of ether oxygens (including phenoxy) is 1. The van der Waals surface area contributed by atoms with Crippen molar-refractivity contribution in [2.24, 2.45) is 0 Å². The lowest BCUT2D eigenvalue weighted by Crippen LogP contribution is -2.19. The summed E-state index contributed by atoms with van der Waals surface area (Å²) in [7, 11) is 0. The standard InChI is InChI=1S/C18H21N5O2/c1-12-15(19-22-23(12)14-9-10-24-11-14)16-20-21-17(25-16)18(2,3)13-7-5-4-6-8-13/h4-8,14H,9-11H2,1-3H3. The molecular weight excluding hydrogens is 318 g/mol. The average molecular weight is 339 g/mol. The summed E-state index contributed by atoms with van der Waals surface area (Å²) in [6.07, 6.45) is 0.944. The van der Waals surface area contributed by atoms with Crippen molar-refractivity contribution in [3.05, 3.63) is 47.5 Å². The van der Waals surface area contributed by atoms with E-state index in [0.717, 1.165) is 24.3 Å². The SMILES string of the molecule is Cc1c(-c2nnc(C(C)(C)c3ccccc3)o2)nnn1C1CCOC1. The van der Waals surface area contributed by atoms with E-state index in [0.29, 0.717) is 24.1 Å². The lowest BCUT2D eigenvalue weighted by Gasteiger charge is -2.20. The highest BCUT2D eigenvalue weighted by Crippen LogP contribution is 2.32. The Balaban J connectivity index is 1.66. The minimum absolute atomic E-state index is 0.226. The molecule has 0 amide bonds. The van der Waals surface area contributed by atoms with Crippen molar-refractivity contribution in [3.63, 3.8) is 0 Å². The Morgan fingerprint density at radius 2 is 1.92 bits per heavy atom. The van der Waals surface area contributed by atoms with Gasteiger partial charge < -0.3 is 9.15 Å². The Labute approximate surface area is 146 Å². The van der Waals surface area contributed by atoms with Crippen LogP contribution in [0, 0.1) is 6.92 Å². The fourth-order valence-electron chi connectivity index (χ4n) is 3.15. The van der Waals surface area contributed by atoms with Crippen LogP contribution in [0.3, 0.4) is 0 Å². The van der Waals surface area contributed by atoms with Gasteiger partial charge in [-0.1, -0.05) is 35.5 Å². The van der Waals surface area contributed by atoms with Crippen molar-refractivity contribution < 1.29 is 9.15 Å². The summed E-state index contributed by atoms with van der Waals surface area (Å²) in [5, 5.41) is 17.0. The molecule has 1 aliphatic rings. The third-order valence-electron chi connectivity index (χ3n) is 4.84. The van der Waals surface area contributed by atoms with Crippen LogP contribution in [0.15, 0.2) is 34.7 Å². The van der Waals surface area contributed by atoms with Gasteiger partial charge in [-0.25, -0.2) is 4.68 Å². The fourth-order valence-corrected chi connectivity index (χ4v) is 3.15. The highest BCUT2D eigenvalue weighted by atomic mass is 16.5. The smallest absolute Gasteiger partial charge is 0.270 e. The Morgan fingerprint density at radius 1 is 1.12 bits per heavy atom. The predicted octanol–water partition coefficient (Wildman–Crippen LogP) is 2.92. The second kappa shape index (κ2) is 6.07. The van der Waals surface area contributed by atoms with Crippen LogP contribution >= 0.6 is 0 Å². The molecule has 25 heavy (non-hydrogen) atoms. The monoisotopic (exact) mass is 339 g/mol. The summed E-state index contributed by atoms with van der Waals surface area (Å²) in [6.45, 7) is 7.54. The van der Waals surface area contributed by atoms with Crippen LogP contribution < -0.4 is 0 Å². The van der Waals surface area contributed by atoms with Gasteiger partial charge in [0.15, 0.2) is 5.69 Å². The molecule has 1 aliphatic heterocycles. The molecule has 0 bridgehead atoms. The maximum Gasteiger partial charge on any atom is 0.270 e. The van der Waals surface area contributed by atoms with Crippen molar-refractivity contribution >= 4 is 0 Å². The molecule has 1 aromatic carbocycles. The Hall–Kier alpha value is -2.54. The molecule has 0 saturated carbocycles. The van der Waals surface area contributed by atoms with E-state index in [-0.39, 0.29) is 11.5 Å². The lowest BCUT2D eigenvalue weighted by molar-refractivity contribution is 0.183. The highest BCUT2D eigenvalue weighted by Gasteiger charge is 2.31. The van der Waals surface area contributed by atoms with E-state index >= 15 is 0 Å². The summed E-state index contributed by atoms with van der Waals surface area (Å²) < 4.78 is 13.3. The van der Waals surface area contributed by atoms with Crippen LogP contribution in [0.2, 0.25) is 0 Å². The van der Waals surface area contributed by atoms with Gasteiger partial charge in [0.25, 0.3) is 5.89 Å². The molecule has 130 valence electrons. The summed E-state index contributed by atoms with van der Waals surface area (Å²) in [4.78, 5) is 0. The van der Waals surface area contributed by atoms with Gasteiger partial charge in [-0.2, -0.15) is 0 Å². The van der Waals surface area contributed by atoms with Crippen molar-refractivity contribution in [2.75, 3.05) is 13.2 Å². The van der Waals surface area contributed by atoms with Crippen LogP contribution in [0.1, 0.15) is 43.5 Å². The van der Waals surface area contributed by atoms with Crippen molar-refractivity contribution in [1.82, 2.24) is 25.2 Å². The predicted molar refractivity (Wildman–Crippen MR) is 91.1 cm³/mol. The van der Waals surface area contributed by atoms with Gasteiger partial charge in [-0.15, -0.1) is 15.3 Å². The molecule has 1 atom stereocenters. The first-order valence-electron chi connectivity index (χ1n) is 8.47. The van der Waals surface area contributed by atoms with E-state index in [1.807, 2.05) is 29.8 Å². The van der Waals surface area contributed by atoms with Crippen LogP contribution in [0.25, 0.3) is 11.6 Å². The maximum atomic E-state index is 5.98. The third-order valence-corrected chi connectivity index (χ3v) is 4.84. The quantitative estimate of drug-likeness (QED) is 0.727. The third kappa shape index (κ3) is 2.74. The zero-order chi connectivity index (χ0) is 17.4. The number of rotatable bonds is 4. The number of benzene rings is 1. The topological polar surface area (TPSA) is 78.9 Å². The first-order valence-corrected chi connectivity index (χ1v) is 8.47. The molecule has 3 aromatic rings. The van der Waals surface area contributed by atoms with E-state index in [4.69, 9.17) is 9.15 Å². The number of aromatic nitrogens is 5. The molecule has 7 nitrogen and oxygen atoms in total. The molecule has 0 aliphatic carbocycles. The van der Waals surface area contributed by atoms with Crippen LogP contribution in [-0.4, -0.2) is 38.4 Å². The largest absolute Gasteiger partial charge is 0.418 e. The summed E-state index contributed by atoms with van der Waals surface area (Å²) >= 11 is 0. The summed E-state index contributed by atoms with van der Waals surface area (Å²) in [5.74, 6) is 0.966. The van der Waals surface area contributed by atoms with Crippen molar-refractivity contribution in [3.8, 4) is 11.6 Å². The molecule has 1 fully saturated rings. The molecule has 4 rings (SSSR count). The van der Waals surface area contributed by atoms with E-state index in [2.05, 4.69) is 46.5 Å². The second-order valence-electron chi connectivity index (χ2n) is 6.89. The van der Waals surface area contributed by atoms with Crippen LogP contribution in [0.4, 0.5) is 0 Å². The van der Waals surface area contributed by atoms with Gasteiger partial charge in [0.05, 0.1) is 23.8 Å². The second-order valence-corrected chi connectivity index (χ2v) is 6.89. The van der Waals surface area contributed by atoms with Gasteiger partial charge in [0.2, 0.25) is 5.89 Å². The van der Waals surface area contributed by atoms with Gasteiger partial charge in [0.1, 0.15) is 0 Å². The molecule has 1 saturated heterocycles. The maximum absolute atomic E-state index is 5.98. The minimum Gasteiger partial charge on any atom is -0.418 e. The van der Waals surface area contributed by atoms with E-state index in [1.165, 1.54) is 0 Å². The molecular formula is C18H21N5O2. The van der Waals surface area contributed by atoms with Gasteiger partial charge >= 0.3 is 0 Å². The highest BCUT2D eigenvalue weighted by molar-refractivity contribution is 5.49. The van der Waals surface area contributed by atoms with Crippen molar-refractivity contribution in [1.29, 1.82) is 0 Å². The molecule has 3 heterocycles. The summed E-state index contributed by atoms with van der Waals surface area (Å²) in [5.41, 5.74) is 2.29. The Kier molecular flexibility index (Phi) is 3.88. The number of hydrogen-bond acceptors (Lipinski definition) is 6. The summed E-state index contributed by atoms with van der Waals surface area (Å²) in [6, 6.07) is 10.4. The van der Waals surface area contributed by atoms with Gasteiger partial charge in [-0.05, 0) is 32.8 Å². The number of hydrogen-bond donors (Lipinski definition) is 0.